The SMILES string of the molecule is Cc1ccc(C)c(C(O)c2cccc(F)c2Br)c1. The fourth-order valence-corrected chi connectivity index (χ4v) is 2.43. The van der Waals surface area contributed by atoms with Gasteiger partial charge in [0.15, 0.2) is 0 Å². The number of aryl methyl sites for hydroxylation is 2. The van der Waals surface area contributed by atoms with Crippen LogP contribution in [0.4, 0.5) is 4.39 Å². The molecule has 0 aliphatic carbocycles. The van der Waals surface area contributed by atoms with Crippen LogP contribution in [0.3, 0.4) is 0 Å². The molecule has 3 heteroatoms. The van der Waals surface area contributed by atoms with Crippen LogP contribution in [0.5, 0.6) is 0 Å². The lowest BCUT2D eigenvalue weighted by atomic mass is 9.96. The van der Waals surface area contributed by atoms with Gasteiger partial charge >= 0.3 is 0 Å². The number of rotatable bonds is 2. The van der Waals surface area contributed by atoms with E-state index in [1.807, 2.05) is 32.0 Å². The Morgan fingerprint density at radius 1 is 1.11 bits per heavy atom. The summed E-state index contributed by atoms with van der Waals surface area (Å²) in [4.78, 5) is 0. The van der Waals surface area contributed by atoms with Crippen molar-refractivity contribution in [3.05, 3.63) is 68.9 Å². The van der Waals surface area contributed by atoms with Crippen LogP contribution >= 0.6 is 15.9 Å². The molecule has 1 N–H and O–H groups in total. The molecule has 0 aromatic heterocycles. The quantitative estimate of drug-likeness (QED) is 0.877. The minimum atomic E-state index is -0.824. The Labute approximate surface area is 114 Å². The molecule has 0 saturated carbocycles. The number of aliphatic hydroxyl groups is 1. The van der Waals surface area contributed by atoms with Crippen molar-refractivity contribution < 1.29 is 9.50 Å². The number of hydrogen-bond acceptors (Lipinski definition) is 1. The third kappa shape index (κ3) is 2.47. The number of hydrogen-bond donors (Lipinski definition) is 1. The Kier molecular flexibility index (Phi) is 3.83. The second kappa shape index (κ2) is 5.21. The van der Waals surface area contributed by atoms with Crippen LogP contribution in [0.25, 0.3) is 0 Å². The lowest BCUT2D eigenvalue weighted by Crippen LogP contribution is -2.04. The molecule has 0 bridgehead atoms. The zero-order valence-electron chi connectivity index (χ0n) is 10.2. The highest BCUT2D eigenvalue weighted by Gasteiger charge is 2.17. The van der Waals surface area contributed by atoms with Crippen molar-refractivity contribution >= 4 is 15.9 Å². The van der Waals surface area contributed by atoms with Gasteiger partial charge in [-0.25, -0.2) is 4.39 Å². The third-order valence-corrected chi connectivity index (χ3v) is 3.84. The van der Waals surface area contributed by atoms with Gasteiger partial charge in [0, 0.05) is 5.56 Å². The Balaban J connectivity index is 2.51. The third-order valence-electron chi connectivity index (χ3n) is 3.01. The van der Waals surface area contributed by atoms with Crippen LogP contribution in [0.15, 0.2) is 40.9 Å². The van der Waals surface area contributed by atoms with Crippen LogP contribution in [0.1, 0.15) is 28.4 Å². The van der Waals surface area contributed by atoms with Crippen molar-refractivity contribution in [2.24, 2.45) is 0 Å². The molecule has 0 aliphatic heterocycles. The first-order valence-electron chi connectivity index (χ1n) is 5.70. The van der Waals surface area contributed by atoms with Crippen LogP contribution in [0.2, 0.25) is 0 Å². The lowest BCUT2D eigenvalue weighted by molar-refractivity contribution is 0.218. The molecule has 0 amide bonds. The summed E-state index contributed by atoms with van der Waals surface area (Å²) in [6, 6.07) is 10.6. The highest BCUT2D eigenvalue weighted by atomic mass is 79.9. The molecule has 18 heavy (non-hydrogen) atoms. The van der Waals surface area contributed by atoms with Crippen molar-refractivity contribution in [1.29, 1.82) is 0 Å². The fourth-order valence-electron chi connectivity index (χ4n) is 1.95. The zero-order valence-corrected chi connectivity index (χ0v) is 11.8. The smallest absolute Gasteiger partial charge is 0.137 e. The van der Waals surface area contributed by atoms with E-state index >= 15 is 0 Å². The summed E-state index contributed by atoms with van der Waals surface area (Å²) in [5.41, 5.74) is 3.41. The van der Waals surface area contributed by atoms with Gasteiger partial charge in [0.2, 0.25) is 0 Å². The maximum absolute atomic E-state index is 13.5. The molecule has 0 fully saturated rings. The minimum absolute atomic E-state index is 0.318. The molecule has 2 aromatic carbocycles. The predicted molar refractivity (Wildman–Crippen MR) is 74.1 cm³/mol. The van der Waals surface area contributed by atoms with Crippen molar-refractivity contribution in [2.45, 2.75) is 20.0 Å². The average Bonchev–Trinajstić information content (AvgIpc) is 2.35. The van der Waals surface area contributed by atoms with Crippen LogP contribution in [-0.4, -0.2) is 5.11 Å². The number of benzene rings is 2. The van der Waals surface area contributed by atoms with E-state index in [1.54, 1.807) is 12.1 Å². The Bertz CT molecular complexity index is 579. The largest absolute Gasteiger partial charge is 0.384 e. The van der Waals surface area contributed by atoms with Crippen LogP contribution < -0.4 is 0 Å². The van der Waals surface area contributed by atoms with Crippen LogP contribution in [0, 0.1) is 19.7 Å². The van der Waals surface area contributed by atoms with Crippen molar-refractivity contribution in [2.75, 3.05) is 0 Å². The van der Waals surface area contributed by atoms with E-state index in [1.165, 1.54) is 6.07 Å². The summed E-state index contributed by atoms with van der Waals surface area (Å²) in [5, 5.41) is 10.4. The molecular formula is C15H14BrFO. The van der Waals surface area contributed by atoms with Gasteiger partial charge in [-0.3, -0.25) is 0 Å². The molecule has 0 radical (unpaired) electrons. The van der Waals surface area contributed by atoms with Gasteiger partial charge in [0.05, 0.1) is 4.47 Å². The molecule has 94 valence electrons. The first kappa shape index (κ1) is 13.2. The second-order valence-electron chi connectivity index (χ2n) is 4.41. The predicted octanol–water partition coefficient (Wildman–Crippen LogP) is 4.29. The summed E-state index contributed by atoms with van der Waals surface area (Å²) < 4.78 is 13.8. The normalized spacial score (nSPS) is 12.5. The molecule has 1 unspecified atom stereocenters. The maximum Gasteiger partial charge on any atom is 0.137 e. The molecule has 0 aliphatic rings. The summed E-state index contributed by atoms with van der Waals surface area (Å²) in [7, 11) is 0. The van der Waals surface area contributed by atoms with E-state index in [4.69, 9.17) is 0 Å². The van der Waals surface area contributed by atoms with Gasteiger partial charge in [0.1, 0.15) is 11.9 Å². The standard InChI is InChI=1S/C15H14BrFO/c1-9-6-7-10(2)12(8-9)15(18)11-4-3-5-13(17)14(11)16/h3-8,15,18H,1-2H3. The summed E-state index contributed by atoms with van der Waals surface area (Å²) in [6.45, 7) is 3.90. The van der Waals surface area contributed by atoms with Gasteiger partial charge < -0.3 is 5.11 Å². The first-order valence-corrected chi connectivity index (χ1v) is 6.49. The average molecular weight is 309 g/mol. The lowest BCUT2D eigenvalue weighted by Gasteiger charge is -2.16. The fraction of sp³-hybridized carbons (Fsp3) is 0.200. The van der Waals surface area contributed by atoms with E-state index in [9.17, 15) is 9.50 Å². The van der Waals surface area contributed by atoms with E-state index < -0.39 is 6.10 Å². The highest BCUT2D eigenvalue weighted by molar-refractivity contribution is 9.10. The topological polar surface area (TPSA) is 20.2 Å². The first-order chi connectivity index (χ1) is 8.50. The maximum atomic E-state index is 13.5. The Morgan fingerprint density at radius 2 is 1.83 bits per heavy atom. The molecule has 2 aromatic rings. The molecule has 0 heterocycles. The van der Waals surface area contributed by atoms with E-state index in [0.29, 0.717) is 10.0 Å². The van der Waals surface area contributed by atoms with Crippen molar-refractivity contribution in [1.82, 2.24) is 0 Å². The van der Waals surface area contributed by atoms with Gasteiger partial charge in [0.25, 0.3) is 0 Å². The molecule has 0 spiro atoms. The van der Waals surface area contributed by atoms with E-state index in [2.05, 4.69) is 15.9 Å². The van der Waals surface area contributed by atoms with Gasteiger partial charge in [-0.2, -0.15) is 0 Å². The summed E-state index contributed by atoms with van der Waals surface area (Å²) in [6.07, 6.45) is -0.824. The molecule has 1 atom stereocenters. The van der Waals surface area contributed by atoms with Crippen molar-refractivity contribution in [3.8, 4) is 0 Å². The van der Waals surface area contributed by atoms with Gasteiger partial charge in [-0.1, -0.05) is 35.9 Å². The van der Waals surface area contributed by atoms with Crippen molar-refractivity contribution in [3.63, 3.8) is 0 Å². The zero-order chi connectivity index (χ0) is 13.3. The Morgan fingerprint density at radius 3 is 2.56 bits per heavy atom. The van der Waals surface area contributed by atoms with Gasteiger partial charge in [-0.15, -0.1) is 0 Å². The second-order valence-corrected chi connectivity index (χ2v) is 5.20. The molecular weight excluding hydrogens is 295 g/mol. The Hall–Kier alpha value is -1.19. The number of halogens is 2. The van der Waals surface area contributed by atoms with Gasteiger partial charge in [-0.05, 0) is 47.0 Å². The monoisotopic (exact) mass is 308 g/mol. The highest BCUT2D eigenvalue weighted by Crippen LogP contribution is 2.32. The van der Waals surface area contributed by atoms with E-state index in [-0.39, 0.29) is 5.82 Å². The molecule has 2 rings (SSSR count). The molecule has 1 nitrogen and oxygen atoms in total. The minimum Gasteiger partial charge on any atom is -0.384 e. The molecule has 0 saturated heterocycles. The van der Waals surface area contributed by atoms with E-state index in [0.717, 1.165) is 16.7 Å². The van der Waals surface area contributed by atoms with Crippen LogP contribution in [-0.2, 0) is 0 Å². The summed E-state index contributed by atoms with van der Waals surface area (Å²) >= 11 is 3.19. The number of aliphatic hydroxyl groups excluding tert-OH is 1. The summed E-state index contributed by atoms with van der Waals surface area (Å²) in [5.74, 6) is -0.364.